The lowest BCUT2D eigenvalue weighted by Gasteiger charge is -2.28. The third-order valence-electron chi connectivity index (χ3n) is 3.85. The summed E-state index contributed by atoms with van der Waals surface area (Å²) in [6, 6.07) is 12.8. The first-order valence-electron chi connectivity index (χ1n) is 8.01. The van der Waals surface area contributed by atoms with E-state index < -0.39 is 5.51 Å². The Labute approximate surface area is 153 Å². The minimum absolute atomic E-state index is 0.0453. The summed E-state index contributed by atoms with van der Waals surface area (Å²) < 4.78 is 42.3. The molecule has 0 aliphatic carbocycles. The van der Waals surface area contributed by atoms with Crippen molar-refractivity contribution in [3.8, 4) is 0 Å². The van der Waals surface area contributed by atoms with Gasteiger partial charge in [0, 0.05) is 34.9 Å². The van der Waals surface area contributed by atoms with E-state index in [0.717, 1.165) is 18.8 Å². The van der Waals surface area contributed by atoms with Crippen LogP contribution >= 0.6 is 11.8 Å². The predicted molar refractivity (Wildman–Crippen MR) is 95.8 cm³/mol. The molecule has 26 heavy (non-hydrogen) atoms. The Morgan fingerprint density at radius 3 is 2.19 bits per heavy atom. The van der Waals surface area contributed by atoms with Crippen molar-refractivity contribution in [1.29, 1.82) is 0 Å². The molecule has 1 aliphatic rings. The molecule has 8 heteroatoms. The monoisotopic (exact) mass is 382 g/mol. The van der Waals surface area contributed by atoms with Crippen molar-refractivity contribution in [2.75, 3.05) is 36.5 Å². The molecule has 138 valence electrons. The number of morpholine rings is 1. The Morgan fingerprint density at radius 1 is 1.00 bits per heavy atom. The van der Waals surface area contributed by atoms with Crippen molar-refractivity contribution in [2.24, 2.45) is 0 Å². The molecule has 0 bridgehead atoms. The zero-order valence-electron chi connectivity index (χ0n) is 13.8. The maximum absolute atomic E-state index is 12.3. The van der Waals surface area contributed by atoms with E-state index in [1.165, 1.54) is 24.3 Å². The normalized spacial score (nSPS) is 15.0. The molecule has 0 unspecified atom stereocenters. The van der Waals surface area contributed by atoms with E-state index in [0.29, 0.717) is 24.5 Å². The predicted octanol–water partition coefficient (Wildman–Crippen LogP) is 4.39. The number of benzene rings is 2. The molecule has 1 N–H and O–H groups in total. The Kier molecular flexibility index (Phi) is 5.73. The standard InChI is InChI=1S/C18H17F3N2O2S/c19-18(20,21)26-16-7-1-13(2-8-16)17(24)22-14-3-5-15(6-4-14)23-9-11-25-12-10-23/h1-8H,9-12H2,(H,22,24). The topological polar surface area (TPSA) is 41.6 Å². The minimum Gasteiger partial charge on any atom is -0.378 e. The van der Waals surface area contributed by atoms with Crippen LogP contribution in [0.3, 0.4) is 0 Å². The lowest BCUT2D eigenvalue weighted by molar-refractivity contribution is -0.0328. The van der Waals surface area contributed by atoms with Crippen LogP contribution in [0.5, 0.6) is 0 Å². The molecule has 1 fully saturated rings. The van der Waals surface area contributed by atoms with Crippen molar-refractivity contribution in [3.05, 3.63) is 54.1 Å². The first-order chi connectivity index (χ1) is 12.4. The number of rotatable bonds is 4. The molecule has 1 aliphatic heterocycles. The lowest BCUT2D eigenvalue weighted by Crippen LogP contribution is -2.36. The van der Waals surface area contributed by atoms with Crippen LogP contribution in [0.15, 0.2) is 53.4 Å². The number of hydrogen-bond donors (Lipinski definition) is 1. The fourth-order valence-electron chi connectivity index (χ4n) is 2.59. The Balaban J connectivity index is 1.60. The highest BCUT2D eigenvalue weighted by molar-refractivity contribution is 8.00. The number of nitrogens with zero attached hydrogens (tertiary/aromatic N) is 1. The summed E-state index contributed by atoms with van der Waals surface area (Å²) in [7, 11) is 0. The Bertz CT molecular complexity index is 743. The van der Waals surface area contributed by atoms with Crippen molar-refractivity contribution >= 4 is 29.0 Å². The third kappa shape index (κ3) is 5.15. The number of alkyl halides is 3. The zero-order valence-corrected chi connectivity index (χ0v) is 14.6. The number of thioether (sulfide) groups is 1. The molecule has 1 saturated heterocycles. The molecular weight excluding hydrogens is 365 g/mol. The average molecular weight is 382 g/mol. The van der Waals surface area contributed by atoms with Crippen LogP contribution in [0.4, 0.5) is 24.5 Å². The number of amides is 1. The van der Waals surface area contributed by atoms with E-state index in [-0.39, 0.29) is 22.6 Å². The summed E-state index contributed by atoms with van der Waals surface area (Å²) in [5.74, 6) is -0.368. The molecule has 0 saturated carbocycles. The summed E-state index contributed by atoms with van der Waals surface area (Å²) in [6.45, 7) is 3.05. The summed E-state index contributed by atoms with van der Waals surface area (Å²) in [5.41, 5.74) is -2.36. The number of carbonyl (C=O) groups excluding carboxylic acids is 1. The molecule has 2 aromatic rings. The summed E-state index contributed by atoms with van der Waals surface area (Å²) in [5, 5.41) is 2.74. The highest BCUT2D eigenvalue weighted by Crippen LogP contribution is 2.36. The molecule has 1 amide bonds. The second-order valence-corrected chi connectivity index (χ2v) is 6.81. The Morgan fingerprint density at radius 2 is 1.62 bits per heavy atom. The van der Waals surface area contributed by atoms with Crippen LogP contribution in [0, 0.1) is 0 Å². The maximum Gasteiger partial charge on any atom is 0.446 e. The van der Waals surface area contributed by atoms with E-state index >= 15 is 0 Å². The van der Waals surface area contributed by atoms with Crippen LogP contribution in [-0.4, -0.2) is 37.7 Å². The van der Waals surface area contributed by atoms with Crippen LogP contribution in [0.25, 0.3) is 0 Å². The molecule has 0 aromatic heterocycles. The quantitative estimate of drug-likeness (QED) is 0.797. The molecule has 0 radical (unpaired) electrons. The molecule has 2 aromatic carbocycles. The zero-order chi connectivity index (χ0) is 18.6. The van der Waals surface area contributed by atoms with Gasteiger partial charge in [0.2, 0.25) is 0 Å². The van der Waals surface area contributed by atoms with Gasteiger partial charge in [-0.25, -0.2) is 0 Å². The lowest BCUT2D eigenvalue weighted by atomic mass is 10.2. The summed E-state index contributed by atoms with van der Waals surface area (Å²) >= 11 is -0.205. The van der Waals surface area contributed by atoms with Crippen molar-refractivity contribution < 1.29 is 22.7 Å². The largest absolute Gasteiger partial charge is 0.446 e. The highest BCUT2D eigenvalue weighted by atomic mass is 32.2. The van der Waals surface area contributed by atoms with Gasteiger partial charge in [-0.1, -0.05) is 0 Å². The number of anilines is 2. The Hall–Kier alpha value is -2.19. The minimum atomic E-state index is -4.34. The van der Waals surface area contributed by atoms with Crippen LogP contribution in [-0.2, 0) is 4.74 Å². The fourth-order valence-corrected chi connectivity index (χ4v) is 3.13. The molecule has 4 nitrogen and oxygen atoms in total. The second kappa shape index (κ2) is 8.01. The number of carbonyl (C=O) groups is 1. The number of halogens is 3. The van der Waals surface area contributed by atoms with Gasteiger partial charge in [0.15, 0.2) is 0 Å². The SMILES string of the molecule is O=C(Nc1ccc(N2CCOCC2)cc1)c1ccc(SC(F)(F)F)cc1. The molecule has 1 heterocycles. The third-order valence-corrected chi connectivity index (χ3v) is 4.59. The fraction of sp³-hybridized carbons (Fsp3) is 0.278. The summed E-state index contributed by atoms with van der Waals surface area (Å²) in [6.07, 6.45) is 0. The average Bonchev–Trinajstić information content (AvgIpc) is 2.62. The summed E-state index contributed by atoms with van der Waals surface area (Å²) in [4.78, 5) is 14.5. The first kappa shape index (κ1) is 18.6. The van der Waals surface area contributed by atoms with Gasteiger partial charge in [-0.3, -0.25) is 4.79 Å². The van der Waals surface area contributed by atoms with Gasteiger partial charge < -0.3 is 15.0 Å². The second-order valence-electron chi connectivity index (χ2n) is 5.67. The van der Waals surface area contributed by atoms with Crippen molar-refractivity contribution in [2.45, 2.75) is 10.4 Å². The number of nitrogens with one attached hydrogen (secondary N) is 1. The van der Waals surface area contributed by atoms with Gasteiger partial charge in [0.05, 0.1) is 13.2 Å². The highest BCUT2D eigenvalue weighted by Gasteiger charge is 2.29. The van der Waals surface area contributed by atoms with Crippen molar-refractivity contribution in [3.63, 3.8) is 0 Å². The molecule has 0 spiro atoms. The van der Waals surface area contributed by atoms with Gasteiger partial charge >= 0.3 is 5.51 Å². The van der Waals surface area contributed by atoms with E-state index in [1.807, 2.05) is 12.1 Å². The van der Waals surface area contributed by atoms with E-state index in [2.05, 4.69) is 10.2 Å². The molecule has 0 atom stereocenters. The number of hydrogen-bond acceptors (Lipinski definition) is 4. The van der Waals surface area contributed by atoms with Gasteiger partial charge in [0.25, 0.3) is 5.91 Å². The van der Waals surface area contributed by atoms with E-state index in [4.69, 9.17) is 4.74 Å². The van der Waals surface area contributed by atoms with Gasteiger partial charge in [-0.05, 0) is 60.3 Å². The smallest absolute Gasteiger partial charge is 0.378 e. The maximum atomic E-state index is 12.3. The van der Waals surface area contributed by atoms with Crippen LogP contribution in [0.2, 0.25) is 0 Å². The van der Waals surface area contributed by atoms with Gasteiger partial charge in [-0.2, -0.15) is 13.2 Å². The van der Waals surface area contributed by atoms with Crippen LogP contribution < -0.4 is 10.2 Å². The first-order valence-corrected chi connectivity index (χ1v) is 8.82. The van der Waals surface area contributed by atoms with E-state index in [1.54, 1.807) is 12.1 Å². The van der Waals surface area contributed by atoms with E-state index in [9.17, 15) is 18.0 Å². The molecular formula is C18H17F3N2O2S. The van der Waals surface area contributed by atoms with Gasteiger partial charge in [-0.15, -0.1) is 0 Å². The van der Waals surface area contributed by atoms with Crippen LogP contribution in [0.1, 0.15) is 10.4 Å². The number of ether oxygens (including phenoxy) is 1. The van der Waals surface area contributed by atoms with Crippen molar-refractivity contribution in [1.82, 2.24) is 0 Å². The van der Waals surface area contributed by atoms with Gasteiger partial charge in [0.1, 0.15) is 0 Å². The molecule has 3 rings (SSSR count).